The Balaban J connectivity index is 1.05. The molecule has 0 amide bonds. The van der Waals surface area contributed by atoms with Crippen molar-refractivity contribution < 1.29 is 13.5 Å². The van der Waals surface area contributed by atoms with E-state index in [1.165, 1.54) is 49.7 Å². The summed E-state index contributed by atoms with van der Waals surface area (Å²) in [6, 6.07) is 47.7. The number of alkyl halides is 1. The van der Waals surface area contributed by atoms with Crippen LogP contribution in [0.4, 0.5) is 25.8 Å². The Bertz CT molecular complexity index is 3480. The van der Waals surface area contributed by atoms with Crippen molar-refractivity contribution in [2.75, 3.05) is 9.80 Å². The predicted molar refractivity (Wildman–Crippen MR) is 284 cm³/mol. The number of hydrogen-bond acceptors (Lipinski definition) is 3. The smallest absolute Gasteiger partial charge is 0.148 e. The fourth-order valence-corrected chi connectivity index (χ4v) is 12.2. The van der Waals surface area contributed by atoms with Crippen molar-refractivity contribution in [1.82, 2.24) is 0 Å². The molecule has 0 saturated heterocycles. The van der Waals surface area contributed by atoms with Crippen LogP contribution in [-0.2, 0) is 11.8 Å². The van der Waals surface area contributed by atoms with Crippen LogP contribution in [0.2, 0.25) is 0 Å². The number of nitrogens with zero attached hydrogens (tertiary/aromatic N) is 2. The van der Waals surface area contributed by atoms with Gasteiger partial charge in [-0.15, -0.1) is 0 Å². The zero-order valence-electron chi connectivity index (χ0n) is 39.3. The van der Waals surface area contributed by atoms with Gasteiger partial charge in [-0.05, 0) is 141 Å². The summed E-state index contributed by atoms with van der Waals surface area (Å²) in [6.07, 6.45) is 25.0. The van der Waals surface area contributed by atoms with Gasteiger partial charge in [-0.3, -0.25) is 0 Å². The average Bonchev–Trinajstić information content (AvgIpc) is 3.90. The van der Waals surface area contributed by atoms with E-state index in [9.17, 15) is 0 Å². The van der Waals surface area contributed by atoms with Gasteiger partial charge < -0.3 is 14.5 Å². The average molecular weight is 915 g/mol. The van der Waals surface area contributed by atoms with Crippen molar-refractivity contribution in [1.29, 1.82) is 0 Å². The zero-order valence-corrected chi connectivity index (χ0v) is 39.3. The molecule has 3 nitrogen and oxygen atoms in total. The maximum Gasteiger partial charge on any atom is 0.148 e. The number of allylic oxidation sites excluding steroid dienone is 9. The quantitative estimate of drug-likeness (QED) is 0.151. The molecule has 0 spiro atoms. The second kappa shape index (κ2) is 16.7. The highest BCUT2D eigenvalue weighted by Gasteiger charge is 2.48. The van der Waals surface area contributed by atoms with E-state index in [-0.39, 0.29) is 23.8 Å². The molecule has 7 aromatic carbocycles. The molecule has 7 aromatic rings. The van der Waals surface area contributed by atoms with Gasteiger partial charge in [0.15, 0.2) is 0 Å². The maximum atomic E-state index is 16.7. The first kappa shape index (κ1) is 42.4. The van der Waals surface area contributed by atoms with Crippen LogP contribution in [0, 0.1) is 5.82 Å². The highest BCUT2D eigenvalue weighted by atomic mass is 19.1. The van der Waals surface area contributed by atoms with Crippen LogP contribution in [0.1, 0.15) is 78.3 Å². The van der Waals surface area contributed by atoms with Gasteiger partial charge in [-0.2, -0.15) is 0 Å². The Morgan fingerprint density at radius 1 is 0.671 bits per heavy atom. The van der Waals surface area contributed by atoms with Gasteiger partial charge >= 0.3 is 0 Å². The van der Waals surface area contributed by atoms with E-state index in [4.69, 9.17) is 4.74 Å². The van der Waals surface area contributed by atoms with Crippen molar-refractivity contribution in [3.05, 3.63) is 257 Å². The van der Waals surface area contributed by atoms with Crippen LogP contribution in [0.15, 0.2) is 217 Å². The van der Waals surface area contributed by atoms with Gasteiger partial charge in [0, 0.05) is 46.3 Å². The second-order valence-corrected chi connectivity index (χ2v) is 19.9. The number of rotatable bonds is 8. The molecule has 0 bridgehead atoms. The van der Waals surface area contributed by atoms with Crippen LogP contribution in [0.25, 0.3) is 39.1 Å². The summed E-state index contributed by atoms with van der Waals surface area (Å²) in [5.74, 6) is 0.380. The minimum absolute atomic E-state index is 0.198. The molecule has 6 aliphatic rings. The van der Waals surface area contributed by atoms with Gasteiger partial charge in [-0.25, -0.2) is 8.78 Å². The monoisotopic (exact) mass is 914 g/mol. The largest absolute Gasteiger partial charge is 0.483 e. The van der Waals surface area contributed by atoms with Crippen LogP contribution >= 0.6 is 0 Å². The summed E-state index contributed by atoms with van der Waals surface area (Å²) in [7, 11) is 0. The van der Waals surface area contributed by atoms with E-state index in [1.54, 1.807) is 12.1 Å². The lowest BCUT2D eigenvalue weighted by molar-refractivity contribution is 0.269. The molecule has 1 aliphatic heterocycles. The third kappa shape index (κ3) is 6.73. The predicted octanol–water partition coefficient (Wildman–Crippen LogP) is 16.7. The van der Waals surface area contributed by atoms with E-state index < -0.39 is 11.6 Å². The molecule has 0 N–H and O–H groups in total. The number of para-hydroxylation sites is 1. The van der Waals surface area contributed by atoms with Crippen LogP contribution in [-0.4, -0.2) is 12.3 Å². The molecule has 4 unspecified atom stereocenters. The minimum atomic E-state index is -1.19. The molecule has 13 rings (SSSR count). The van der Waals surface area contributed by atoms with Crippen molar-refractivity contribution in [3.8, 4) is 28.0 Å². The molecule has 0 fully saturated rings. The molecule has 0 saturated carbocycles. The van der Waals surface area contributed by atoms with Crippen molar-refractivity contribution in [2.24, 2.45) is 0 Å². The summed E-state index contributed by atoms with van der Waals surface area (Å²) >= 11 is 0. The number of benzene rings is 7. The number of anilines is 3. The number of ether oxygens (including phenoxy) is 1. The Morgan fingerprint density at radius 2 is 1.40 bits per heavy atom. The van der Waals surface area contributed by atoms with Crippen molar-refractivity contribution in [2.45, 2.75) is 69.1 Å². The lowest BCUT2D eigenvalue weighted by Crippen LogP contribution is -2.30. The molecule has 1 heterocycles. The Labute approximate surface area is 409 Å². The highest BCUT2D eigenvalue weighted by Crippen LogP contribution is 2.63. The molecule has 0 aromatic heterocycles. The summed E-state index contributed by atoms with van der Waals surface area (Å²) in [5.41, 5.74) is 16.3. The molecular weight excluding hydrogens is 863 g/mol. The Kier molecular flexibility index (Phi) is 10.1. The van der Waals surface area contributed by atoms with Crippen molar-refractivity contribution in [3.63, 3.8) is 0 Å². The second-order valence-electron chi connectivity index (χ2n) is 19.9. The SMILES string of the molecule is CC1(C)c2cc(N(C3=CCC(c4ccccc4)C=C3)c3ccccc3F)c3c(c2-c2c4c(c5ccccc5c21)C=CCC4)C1C=C(N(C2=CC=CCC2F)c2ccc(-c4ccccc4)cc2)C=CC1O3. The normalized spacial score (nSPS) is 20.9. The van der Waals surface area contributed by atoms with Gasteiger partial charge in [0.05, 0.1) is 17.1 Å². The van der Waals surface area contributed by atoms with E-state index >= 15 is 8.78 Å². The van der Waals surface area contributed by atoms with Gasteiger partial charge in [-0.1, -0.05) is 159 Å². The Morgan fingerprint density at radius 3 is 2.17 bits per heavy atom. The first-order valence-electron chi connectivity index (χ1n) is 24.8. The van der Waals surface area contributed by atoms with E-state index in [0.717, 1.165) is 64.5 Å². The van der Waals surface area contributed by atoms with Gasteiger partial charge in [0.2, 0.25) is 0 Å². The highest BCUT2D eigenvalue weighted by molar-refractivity contribution is 6.06. The number of halogens is 2. The summed E-state index contributed by atoms with van der Waals surface area (Å²) in [4.78, 5) is 4.20. The Hall–Kier alpha value is -7.76. The maximum absolute atomic E-state index is 16.7. The standard InChI is InChI=1S/C65H52F2N2O/c1-65(2)53-40-58(69(57-28-16-14-26-55(57)67)46-35-31-44(32-36-46)42-19-7-4-8-20-42)64-61(62(53)60-50-23-11-9-21-48(50)49-22-10-12-24-51(49)63(60)65)52-39-47(37-38-59(52)70-64)68(56-27-15-13-25-54(56)66)45-33-29-43(30-34-45)41-17-5-3-6-18-41/h3-10,12-22,24,26-31,33-40,44,52,54,59H,11,23,25,32H2,1-2H3. The summed E-state index contributed by atoms with van der Waals surface area (Å²) < 4.78 is 40.5. The first-order valence-corrected chi connectivity index (χ1v) is 24.8. The third-order valence-electron chi connectivity index (χ3n) is 15.5. The van der Waals surface area contributed by atoms with E-state index in [1.807, 2.05) is 48.6 Å². The fourth-order valence-electron chi connectivity index (χ4n) is 12.2. The zero-order chi connectivity index (χ0) is 47.1. The molecule has 0 radical (unpaired) electrons. The van der Waals surface area contributed by atoms with Gasteiger partial charge in [0.1, 0.15) is 23.8 Å². The molecule has 4 atom stereocenters. The van der Waals surface area contributed by atoms with Crippen LogP contribution in [0.3, 0.4) is 0 Å². The fraction of sp³-hybridized carbons (Fsp3) is 0.169. The third-order valence-corrected chi connectivity index (χ3v) is 15.5. The summed E-state index contributed by atoms with van der Waals surface area (Å²) in [6.45, 7) is 4.73. The lowest BCUT2D eigenvalue weighted by Gasteiger charge is -2.34. The lowest BCUT2D eigenvalue weighted by atomic mass is 9.77. The minimum Gasteiger partial charge on any atom is -0.483 e. The number of hydrogen-bond donors (Lipinski definition) is 0. The summed E-state index contributed by atoms with van der Waals surface area (Å²) in [5, 5.41) is 2.52. The topological polar surface area (TPSA) is 15.7 Å². The van der Waals surface area contributed by atoms with E-state index in [0.29, 0.717) is 17.8 Å². The molecule has 342 valence electrons. The molecular formula is C65H52F2N2O. The van der Waals surface area contributed by atoms with E-state index in [2.05, 4.69) is 169 Å². The molecule has 5 heteroatoms. The first-order chi connectivity index (χ1) is 34.3. The van der Waals surface area contributed by atoms with Crippen molar-refractivity contribution >= 4 is 33.9 Å². The number of fused-ring (bicyclic) bond motifs is 12. The van der Waals surface area contributed by atoms with Crippen LogP contribution < -0.4 is 14.5 Å². The molecule has 5 aliphatic carbocycles. The molecule has 70 heavy (non-hydrogen) atoms. The van der Waals surface area contributed by atoms with Gasteiger partial charge in [0.25, 0.3) is 0 Å². The van der Waals surface area contributed by atoms with Crippen LogP contribution in [0.5, 0.6) is 5.75 Å².